The summed E-state index contributed by atoms with van der Waals surface area (Å²) in [5.41, 5.74) is 0. The number of carbonyl (C=O) groups is 1. The van der Waals surface area contributed by atoms with Crippen LogP contribution in [0.25, 0.3) is 0 Å². The van der Waals surface area contributed by atoms with Gasteiger partial charge in [0, 0.05) is 0 Å². The van der Waals surface area contributed by atoms with E-state index in [1.807, 2.05) is 0 Å². The standard InChI is InChI=1S/C7H12O5/c1-3-4(8)5(9)6(10)7(11)12-2/h3-6,8-10H,1H2,2H3. The summed E-state index contributed by atoms with van der Waals surface area (Å²) in [7, 11) is 1.07. The maximum atomic E-state index is 10.6. The van der Waals surface area contributed by atoms with E-state index in [4.69, 9.17) is 15.3 Å². The lowest BCUT2D eigenvalue weighted by Crippen LogP contribution is -2.41. The predicted octanol–water partition coefficient (Wildman–Crippen LogP) is -1.57. The Balaban J connectivity index is 4.17. The molecular weight excluding hydrogens is 164 g/mol. The van der Waals surface area contributed by atoms with Gasteiger partial charge in [-0.15, -0.1) is 6.58 Å². The molecule has 0 saturated carbocycles. The molecule has 0 aromatic heterocycles. The zero-order chi connectivity index (χ0) is 9.72. The maximum absolute atomic E-state index is 10.6. The molecule has 12 heavy (non-hydrogen) atoms. The van der Waals surface area contributed by atoms with Crippen LogP contribution in [0.5, 0.6) is 0 Å². The van der Waals surface area contributed by atoms with Gasteiger partial charge in [0.2, 0.25) is 0 Å². The highest BCUT2D eigenvalue weighted by atomic mass is 16.5. The van der Waals surface area contributed by atoms with Gasteiger partial charge in [-0.05, 0) is 0 Å². The fourth-order valence-electron chi connectivity index (χ4n) is 0.586. The number of carbonyl (C=O) groups excluding carboxylic acids is 1. The average Bonchev–Trinajstić information content (AvgIpc) is 2.12. The Bertz CT molecular complexity index is 167. The molecule has 5 heteroatoms. The molecule has 0 amide bonds. The predicted molar refractivity (Wildman–Crippen MR) is 40.2 cm³/mol. The molecule has 0 heterocycles. The minimum absolute atomic E-state index is 0.997. The van der Waals surface area contributed by atoms with Crippen LogP contribution in [0.2, 0.25) is 0 Å². The van der Waals surface area contributed by atoms with Gasteiger partial charge in [0.1, 0.15) is 12.2 Å². The van der Waals surface area contributed by atoms with E-state index in [0.29, 0.717) is 0 Å². The molecule has 0 saturated heterocycles. The lowest BCUT2D eigenvalue weighted by molar-refractivity contribution is -0.160. The lowest BCUT2D eigenvalue weighted by Gasteiger charge is -2.18. The minimum Gasteiger partial charge on any atom is -0.467 e. The van der Waals surface area contributed by atoms with Gasteiger partial charge in [0.25, 0.3) is 0 Å². The van der Waals surface area contributed by atoms with Gasteiger partial charge < -0.3 is 20.1 Å². The van der Waals surface area contributed by atoms with Crippen molar-refractivity contribution in [2.75, 3.05) is 7.11 Å². The van der Waals surface area contributed by atoms with E-state index in [0.717, 1.165) is 13.2 Å². The fourth-order valence-corrected chi connectivity index (χ4v) is 0.586. The lowest BCUT2D eigenvalue weighted by atomic mass is 10.1. The van der Waals surface area contributed by atoms with Gasteiger partial charge in [-0.2, -0.15) is 0 Å². The van der Waals surface area contributed by atoms with Crippen LogP contribution < -0.4 is 0 Å². The first-order valence-electron chi connectivity index (χ1n) is 3.29. The second kappa shape index (κ2) is 4.87. The third-order valence-electron chi connectivity index (χ3n) is 1.36. The van der Waals surface area contributed by atoms with E-state index in [9.17, 15) is 4.79 Å². The summed E-state index contributed by atoms with van der Waals surface area (Å²) < 4.78 is 4.13. The van der Waals surface area contributed by atoms with Gasteiger partial charge in [-0.1, -0.05) is 6.08 Å². The van der Waals surface area contributed by atoms with Crippen molar-refractivity contribution in [3.05, 3.63) is 12.7 Å². The van der Waals surface area contributed by atoms with Gasteiger partial charge in [-0.25, -0.2) is 4.79 Å². The third kappa shape index (κ3) is 2.61. The molecule has 3 N–H and O–H groups in total. The molecule has 5 nitrogen and oxygen atoms in total. The average molecular weight is 176 g/mol. The van der Waals surface area contributed by atoms with Crippen molar-refractivity contribution in [3.8, 4) is 0 Å². The van der Waals surface area contributed by atoms with Crippen molar-refractivity contribution in [1.29, 1.82) is 0 Å². The van der Waals surface area contributed by atoms with Gasteiger partial charge in [-0.3, -0.25) is 0 Å². The topological polar surface area (TPSA) is 87.0 Å². The van der Waals surface area contributed by atoms with Crippen molar-refractivity contribution in [2.45, 2.75) is 18.3 Å². The highest BCUT2D eigenvalue weighted by molar-refractivity contribution is 5.75. The molecule has 70 valence electrons. The minimum atomic E-state index is -1.75. The number of aliphatic hydroxyl groups excluding tert-OH is 3. The second-order valence-electron chi connectivity index (χ2n) is 2.18. The van der Waals surface area contributed by atoms with Crippen LogP contribution >= 0.6 is 0 Å². The Kier molecular flexibility index (Phi) is 4.50. The van der Waals surface area contributed by atoms with Gasteiger partial charge in [0.15, 0.2) is 6.10 Å². The summed E-state index contributed by atoms with van der Waals surface area (Å²) in [4.78, 5) is 10.6. The van der Waals surface area contributed by atoms with Crippen LogP contribution in [0.4, 0.5) is 0 Å². The number of methoxy groups -OCH3 is 1. The molecule has 0 radical (unpaired) electrons. The molecular formula is C7H12O5. The molecule has 0 rings (SSSR count). The van der Waals surface area contributed by atoms with Crippen LogP contribution in [0.1, 0.15) is 0 Å². The third-order valence-corrected chi connectivity index (χ3v) is 1.36. The molecule has 0 aromatic rings. The van der Waals surface area contributed by atoms with Crippen LogP contribution in [0.3, 0.4) is 0 Å². The number of esters is 1. The number of hydrogen-bond donors (Lipinski definition) is 3. The highest BCUT2D eigenvalue weighted by Gasteiger charge is 2.29. The zero-order valence-corrected chi connectivity index (χ0v) is 6.67. The second-order valence-corrected chi connectivity index (χ2v) is 2.18. The van der Waals surface area contributed by atoms with E-state index in [1.165, 1.54) is 0 Å². The molecule has 3 unspecified atom stereocenters. The van der Waals surface area contributed by atoms with E-state index >= 15 is 0 Å². The number of hydrogen-bond acceptors (Lipinski definition) is 5. The SMILES string of the molecule is C=CC(O)C(O)C(O)C(=O)OC. The Morgan fingerprint density at radius 3 is 2.33 bits per heavy atom. The number of ether oxygens (including phenoxy) is 1. The maximum Gasteiger partial charge on any atom is 0.337 e. The molecule has 0 aliphatic heterocycles. The molecule has 0 spiro atoms. The van der Waals surface area contributed by atoms with Gasteiger partial charge in [0.05, 0.1) is 7.11 Å². The van der Waals surface area contributed by atoms with Crippen molar-refractivity contribution in [1.82, 2.24) is 0 Å². The Labute approximate surface area is 69.9 Å². The van der Waals surface area contributed by atoms with Crippen LogP contribution in [0, 0.1) is 0 Å². The number of rotatable bonds is 4. The van der Waals surface area contributed by atoms with Crippen molar-refractivity contribution < 1.29 is 24.9 Å². The first-order chi connectivity index (χ1) is 5.54. The summed E-state index contributed by atoms with van der Waals surface area (Å²) in [6, 6.07) is 0. The molecule has 0 bridgehead atoms. The Hall–Kier alpha value is -0.910. The molecule has 3 atom stereocenters. The highest BCUT2D eigenvalue weighted by Crippen LogP contribution is 2.02. The normalized spacial score (nSPS) is 17.7. The van der Waals surface area contributed by atoms with E-state index in [1.54, 1.807) is 0 Å². The first-order valence-corrected chi connectivity index (χ1v) is 3.29. The summed E-state index contributed by atoms with van der Waals surface area (Å²) in [5, 5.41) is 26.9. The summed E-state index contributed by atoms with van der Waals surface area (Å²) in [5.74, 6) is -0.997. The van der Waals surface area contributed by atoms with Crippen LogP contribution in [0.15, 0.2) is 12.7 Å². The smallest absolute Gasteiger partial charge is 0.337 e. The van der Waals surface area contributed by atoms with E-state index < -0.39 is 24.3 Å². The van der Waals surface area contributed by atoms with Crippen molar-refractivity contribution in [3.63, 3.8) is 0 Å². The van der Waals surface area contributed by atoms with Gasteiger partial charge >= 0.3 is 5.97 Å². The Morgan fingerprint density at radius 2 is 2.00 bits per heavy atom. The summed E-state index contributed by atoms with van der Waals surface area (Å²) >= 11 is 0. The van der Waals surface area contributed by atoms with Crippen molar-refractivity contribution >= 4 is 5.97 Å². The van der Waals surface area contributed by atoms with Crippen LogP contribution in [-0.4, -0.2) is 46.7 Å². The largest absolute Gasteiger partial charge is 0.467 e. The molecule has 0 fully saturated rings. The summed E-state index contributed by atoms with van der Waals surface area (Å²) in [6.07, 6.45) is -3.69. The van der Waals surface area contributed by atoms with Crippen LogP contribution in [-0.2, 0) is 9.53 Å². The quantitative estimate of drug-likeness (QED) is 0.356. The monoisotopic (exact) mass is 176 g/mol. The first kappa shape index (κ1) is 11.1. The van der Waals surface area contributed by atoms with E-state index in [-0.39, 0.29) is 0 Å². The molecule has 0 aromatic carbocycles. The zero-order valence-electron chi connectivity index (χ0n) is 6.67. The number of aliphatic hydroxyl groups is 3. The Morgan fingerprint density at radius 1 is 1.50 bits per heavy atom. The summed E-state index contributed by atoms with van der Waals surface area (Å²) in [6.45, 7) is 3.18. The van der Waals surface area contributed by atoms with E-state index in [2.05, 4.69) is 11.3 Å². The molecule has 0 aliphatic rings. The molecule has 0 aliphatic carbocycles. The fraction of sp³-hybridized carbons (Fsp3) is 0.571. The van der Waals surface area contributed by atoms with Crippen molar-refractivity contribution in [2.24, 2.45) is 0 Å².